The van der Waals surface area contributed by atoms with Crippen LogP contribution in [0.25, 0.3) is 16.5 Å². The lowest BCUT2D eigenvalue weighted by atomic mass is 9.99. The van der Waals surface area contributed by atoms with Gasteiger partial charge >= 0.3 is 0 Å². The van der Waals surface area contributed by atoms with Crippen LogP contribution in [0.15, 0.2) is 66.2 Å². The van der Waals surface area contributed by atoms with Crippen molar-refractivity contribution in [3.63, 3.8) is 0 Å². The van der Waals surface area contributed by atoms with Crippen LogP contribution in [0.1, 0.15) is 11.3 Å². The number of carbonyl (C=O) groups is 1. The lowest BCUT2D eigenvalue weighted by Gasteiger charge is -2.03. The van der Waals surface area contributed by atoms with E-state index in [1.54, 1.807) is 0 Å². The summed E-state index contributed by atoms with van der Waals surface area (Å²) in [6.07, 6.45) is 0.990. The maximum atomic E-state index is 11.4. The topological polar surface area (TPSA) is 22.0 Å². The summed E-state index contributed by atoms with van der Waals surface area (Å²) in [5, 5.41) is 1.22. The standard InChI is InChI=1S/C18H13NO/c20-12-15-11-19-16-9-5-4-8-14(16)10-17(19)18(15)13-6-2-1-3-7-13/h1-10,12H,11H2. The van der Waals surface area contributed by atoms with Crippen molar-refractivity contribution in [3.8, 4) is 0 Å². The molecule has 0 saturated heterocycles. The van der Waals surface area contributed by atoms with Crippen LogP contribution >= 0.6 is 0 Å². The Balaban J connectivity index is 2.01. The van der Waals surface area contributed by atoms with Crippen LogP contribution in [-0.4, -0.2) is 10.9 Å². The van der Waals surface area contributed by atoms with Crippen LogP contribution in [0.3, 0.4) is 0 Å². The van der Waals surface area contributed by atoms with E-state index in [4.69, 9.17) is 0 Å². The number of nitrogens with zero attached hydrogens (tertiary/aromatic N) is 1. The van der Waals surface area contributed by atoms with Gasteiger partial charge in [-0.2, -0.15) is 0 Å². The van der Waals surface area contributed by atoms with Gasteiger partial charge in [0.1, 0.15) is 6.29 Å². The Morgan fingerprint density at radius 1 is 0.950 bits per heavy atom. The van der Waals surface area contributed by atoms with Gasteiger partial charge in [0.25, 0.3) is 0 Å². The van der Waals surface area contributed by atoms with Crippen LogP contribution in [0, 0.1) is 0 Å². The molecule has 0 atom stereocenters. The third-order valence-electron chi connectivity index (χ3n) is 3.92. The number of hydrogen-bond acceptors (Lipinski definition) is 1. The van der Waals surface area contributed by atoms with E-state index in [0.29, 0.717) is 6.54 Å². The van der Waals surface area contributed by atoms with Crippen molar-refractivity contribution in [2.45, 2.75) is 6.54 Å². The van der Waals surface area contributed by atoms with Gasteiger partial charge < -0.3 is 4.57 Å². The fourth-order valence-electron chi connectivity index (χ4n) is 3.04. The molecular formula is C18H13NO. The van der Waals surface area contributed by atoms with Crippen LogP contribution in [-0.2, 0) is 11.3 Å². The van der Waals surface area contributed by atoms with Gasteiger partial charge in [-0.1, -0.05) is 48.5 Å². The minimum Gasteiger partial charge on any atom is -0.336 e. The van der Waals surface area contributed by atoms with Gasteiger partial charge in [0.05, 0.1) is 12.2 Å². The van der Waals surface area contributed by atoms with Gasteiger partial charge in [-0.25, -0.2) is 0 Å². The number of hydrogen-bond donors (Lipinski definition) is 0. The predicted octanol–water partition coefficient (Wildman–Crippen LogP) is 3.66. The summed E-state index contributed by atoms with van der Waals surface area (Å²) in [5.74, 6) is 0. The molecule has 0 spiro atoms. The van der Waals surface area contributed by atoms with Crippen molar-refractivity contribution in [1.29, 1.82) is 0 Å². The Morgan fingerprint density at radius 2 is 1.70 bits per heavy atom. The highest BCUT2D eigenvalue weighted by Crippen LogP contribution is 2.36. The van der Waals surface area contributed by atoms with Gasteiger partial charge in [-0.3, -0.25) is 4.79 Å². The SMILES string of the molecule is O=CC1=C(c2ccccc2)c2cc3ccccc3n2C1. The Bertz CT molecular complexity index is 840. The molecule has 2 heteroatoms. The molecule has 20 heavy (non-hydrogen) atoms. The van der Waals surface area contributed by atoms with E-state index in [-0.39, 0.29) is 0 Å². The molecule has 1 aliphatic rings. The first-order chi connectivity index (χ1) is 9.88. The van der Waals surface area contributed by atoms with E-state index >= 15 is 0 Å². The van der Waals surface area contributed by atoms with Gasteiger partial charge in [-0.15, -0.1) is 0 Å². The molecule has 3 aromatic rings. The average Bonchev–Trinajstić information content (AvgIpc) is 3.03. The molecule has 1 aliphatic heterocycles. The molecule has 0 saturated carbocycles. The molecule has 0 radical (unpaired) electrons. The van der Waals surface area contributed by atoms with Crippen LogP contribution < -0.4 is 0 Å². The quantitative estimate of drug-likeness (QED) is 0.644. The van der Waals surface area contributed by atoms with Gasteiger partial charge in [-0.05, 0) is 17.7 Å². The fourth-order valence-corrected chi connectivity index (χ4v) is 3.04. The molecule has 0 N–H and O–H groups in total. The van der Waals surface area contributed by atoms with Crippen LogP contribution in [0.2, 0.25) is 0 Å². The minimum absolute atomic E-state index is 0.663. The normalized spacial score (nSPS) is 13.8. The highest BCUT2D eigenvalue weighted by molar-refractivity contribution is 6.00. The summed E-state index contributed by atoms with van der Waals surface area (Å²) >= 11 is 0. The number of rotatable bonds is 2. The second-order valence-electron chi connectivity index (χ2n) is 5.06. The van der Waals surface area contributed by atoms with Crippen molar-refractivity contribution >= 4 is 22.8 Å². The number of para-hydroxylation sites is 1. The first kappa shape index (κ1) is 11.2. The second kappa shape index (κ2) is 4.20. The molecule has 0 bridgehead atoms. The average molecular weight is 259 g/mol. The highest BCUT2D eigenvalue weighted by atomic mass is 16.1. The van der Waals surface area contributed by atoms with E-state index in [9.17, 15) is 4.79 Å². The Labute approximate surface area is 117 Å². The Kier molecular flexibility index (Phi) is 2.36. The molecule has 0 aliphatic carbocycles. The molecule has 2 heterocycles. The van der Waals surface area contributed by atoms with Gasteiger partial charge in [0, 0.05) is 22.0 Å². The largest absolute Gasteiger partial charge is 0.336 e. The summed E-state index contributed by atoms with van der Waals surface area (Å²) in [7, 11) is 0. The monoisotopic (exact) mass is 259 g/mol. The smallest absolute Gasteiger partial charge is 0.148 e. The third kappa shape index (κ3) is 1.48. The summed E-state index contributed by atoms with van der Waals surface area (Å²) in [6, 6.07) is 20.6. The van der Waals surface area contributed by atoms with Crippen molar-refractivity contribution < 1.29 is 4.79 Å². The minimum atomic E-state index is 0.663. The molecular weight excluding hydrogens is 246 g/mol. The molecule has 0 unspecified atom stereocenters. The molecule has 2 nitrogen and oxygen atoms in total. The van der Waals surface area contributed by atoms with Gasteiger partial charge in [0.15, 0.2) is 0 Å². The highest BCUT2D eigenvalue weighted by Gasteiger charge is 2.24. The predicted molar refractivity (Wildman–Crippen MR) is 80.5 cm³/mol. The molecule has 1 aromatic heterocycles. The Morgan fingerprint density at radius 3 is 2.50 bits per heavy atom. The third-order valence-corrected chi connectivity index (χ3v) is 3.92. The first-order valence-corrected chi connectivity index (χ1v) is 6.71. The van der Waals surface area contributed by atoms with Crippen LogP contribution in [0.4, 0.5) is 0 Å². The Hall–Kier alpha value is -2.61. The van der Waals surface area contributed by atoms with Crippen molar-refractivity contribution in [1.82, 2.24) is 4.57 Å². The first-order valence-electron chi connectivity index (χ1n) is 6.71. The zero-order chi connectivity index (χ0) is 13.5. The lowest BCUT2D eigenvalue weighted by molar-refractivity contribution is -0.105. The van der Waals surface area contributed by atoms with E-state index in [1.807, 2.05) is 30.3 Å². The molecule has 0 amide bonds. The summed E-state index contributed by atoms with van der Waals surface area (Å²) < 4.78 is 2.22. The number of benzene rings is 2. The van der Waals surface area contributed by atoms with E-state index in [0.717, 1.165) is 28.7 Å². The summed E-state index contributed by atoms with van der Waals surface area (Å²) in [6.45, 7) is 0.663. The maximum absolute atomic E-state index is 11.4. The van der Waals surface area contributed by atoms with E-state index in [2.05, 4.69) is 34.9 Å². The van der Waals surface area contributed by atoms with Crippen molar-refractivity contribution in [2.75, 3.05) is 0 Å². The molecule has 2 aromatic carbocycles. The van der Waals surface area contributed by atoms with E-state index in [1.165, 1.54) is 10.9 Å². The molecule has 4 rings (SSSR count). The number of aldehydes is 1. The zero-order valence-electron chi connectivity index (χ0n) is 10.9. The maximum Gasteiger partial charge on any atom is 0.148 e. The zero-order valence-corrected chi connectivity index (χ0v) is 10.9. The molecule has 96 valence electrons. The lowest BCUT2D eigenvalue weighted by Crippen LogP contribution is -1.95. The fraction of sp³-hybridized carbons (Fsp3) is 0.0556. The van der Waals surface area contributed by atoms with Gasteiger partial charge in [0.2, 0.25) is 0 Å². The summed E-state index contributed by atoms with van der Waals surface area (Å²) in [4.78, 5) is 11.4. The molecule has 0 fully saturated rings. The number of aromatic nitrogens is 1. The number of carbonyl (C=O) groups excluding carboxylic acids is 1. The van der Waals surface area contributed by atoms with E-state index < -0.39 is 0 Å². The number of fused-ring (bicyclic) bond motifs is 3. The van der Waals surface area contributed by atoms with Crippen molar-refractivity contribution in [2.24, 2.45) is 0 Å². The number of allylic oxidation sites excluding steroid dienone is 1. The summed E-state index contributed by atoms with van der Waals surface area (Å²) in [5.41, 5.74) is 5.36. The second-order valence-corrected chi connectivity index (χ2v) is 5.06. The van der Waals surface area contributed by atoms with Crippen molar-refractivity contribution in [3.05, 3.63) is 77.5 Å². The van der Waals surface area contributed by atoms with Crippen LogP contribution in [0.5, 0.6) is 0 Å².